The number of epoxide rings is 1. The zero-order valence-electron chi connectivity index (χ0n) is 23.5. The minimum absolute atomic E-state index is 0. The number of aliphatic imine (C=N–C) groups is 1. The number of halogens is 1. The second-order valence-electron chi connectivity index (χ2n) is 9.27. The maximum absolute atomic E-state index is 9.96. The fourth-order valence-corrected chi connectivity index (χ4v) is 2.68. The first-order chi connectivity index (χ1) is 15.5. The van der Waals surface area contributed by atoms with E-state index in [4.69, 9.17) is 16.2 Å². The summed E-state index contributed by atoms with van der Waals surface area (Å²) in [7, 11) is -1.00. The van der Waals surface area contributed by atoms with Crippen molar-refractivity contribution in [2.24, 2.45) is 10.9 Å². The average molecular weight is 722 g/mol. The Morgan fingerprint density at radius 2 is 1.88 bits per heavy atom. The summed E-state index contributed by atoms with van der Waals surface area (Å²) in [4.78, 5) is 15.4. The molecular weight excluding hydrogens is 683 g/mol. The van der Waals surface area contributed by atoms with Crippen LogP contribution in [0.15, 0.2) is 28.9 Å². The summed E-state index contributed by atoms with van der Waals surface area (Å²) < 4.78 is 22.2. The summed E-state index contributed by atoms with van der Waals surface area (Å²) in [5, 5.41) is 22.4. The van der Waals surface area contributed by atoms with Gasteiger partial charge in [-0.2, -0.15) is 5.10 Å². The number of aliphatic hydroxyl groups is 1. The van der Waals surface area contributed by atoms with Crippen molar-refractivity contribution >= 4 is 12.7 Å². The second-order valence-corrected chi connectivity index (χ2v) is 9.27. The minimum Gasteiger partial charge on any atom is -1.00 e. The molecule has 3 heterocycles. The fraction of sp³-hybridized carbons (Fsp3) is 0.696. The Balaban J connectivity index is -0.000000411. The third-order valence-corrected chi connectivity index (χ3v) is 4.74. The van der Waals surface area contributed by atoms with Crippen LogP contribution in [-0.2, 0) is 21.0 Å². The molecule has 1 aromatic rings. The summed E-state index contributed by atoms with van der Waals surface area (Å²) in [6.45, 7) is 10.1. The quantitative estimate of drug-likeness (QED) is 0.149. The van der Waals surface area contributed by atoms with Gasteiger partial charge < -0.3 is 21.4 Å². The van der Waals surface area contributed by atoms with Gasteiger partial charge in [0.25, 0.3) is 6.47 Å². The standard InChI is InChI=1S/C10H16N2O.C7H9N.C4H8O.CH3F.CH2O3.2Cs.H/c1-10(2,13)7-12-6-5-9(11-12)8-3-4-8;1-2-6(1)7-3-4-8-5-7;1-4(2)3-5-4;1-2;2-1-4-3;;;/h5-6,8,13H,3-4,7H2,1-2H3;3-4,6H,1-2,5H2;3H2,1-2H3;1H3;1,3H;;;/q;;;;;2*+1;-1/p-1/i;;;1D;;;;. The molecule has 0 amide bonds. The van der Waals surface area contributed by atoms with Crippen LogP contribution in [0.25, 0.3) is 0 Å². The number of hydrogen-bond acceptors (Lipinski definition) is 7. The summed E-state index contributed by atoms with van der Waals surface area (Å²) in [6, 6.07) is 2.06. The van der Waals surface area contributed by atoms with Crippen molar-refractivity contribution in [2.45, 2.75) is 77.0 Å². The Hall–Kier alpha value is 2.00. The molecule has 0 radical (unpaired) electrons. The van der Waals surface area contributed by atoms with E-state index in [1.807, 2.05) is 17.1 Å². The van der Waals surface area contributed by atoms with Gasteiger partial charge in [-0.3, -0.25) is 18.9 Å². The Bertz CT molecular complexity index is 763. The third-order valence-electron chi connectivity index (χ3n) is 4.74. The van der Waals surface area contributed by atoms with Crippen LogP contribution in [-0.4, -0.2) is 59.1 Å². The van der Waals surface area contributed by atoms with E-state index < -0.39 is 12.8 Å². The Labute approximate surface area is 323 Å². The maximum Gasteiger partial charge on any atom is 1.00 e. The molecule has 2 saturated carbocycles. The molecule has 184 valence electrons. The van der Waals surface area contributed by atoms with Crippen molar-refractivity contribution in [3.8, 4) is 0 Å². The molecule has 2 aliphatic heterocycles. The third kappa shape index (κ3) is 20.0. The normalized spacial score (nSPS) is 18.6. The molecule has 0 unspecified atom stereocenters. The second kappa shape index (κ2) is 20.0. The number of carbonyl (C=O) groups is 1. The number of ether oxygens (including phenoxy) is 1. The Kier molecular flexibility index (Phi) is 21.2. The van der Waals surface area contributed by atoms with Crippen molar-refractivity contribution in [1.29, 1.82) is 0 Å². The van der Waals surface area contributed by atoms with Gasteiger partial charge in [-0.15, -0.1) is 0 Å². The SMILES string of the molecule is C1=NCC(C2CC2)=C1.CC(C)(O)Cn1ccc(C2CC2)n1.CC1(C)CO1.O=CO[O-].[2H]CF.[Cs+].[Cs+].[H-]. The molecule has 3 fully saturated rings. The van der Waals surface area contributed by atoms with Gasteiger partial charge in [-0.25, -0.2) is 0 Å². The average Bonchev–Trinajstić information content (AvgIpc) is 3.72. The molecule has 0 bridgehead atoms. The Morgan fingerprint density at radius 1 is 1.38 bits per heavy atom. The molecule has 4 aliphatic rings. The number of rotatable bonds is 5. The number of hydrogen-bond donors (Lipinski definition) is 1. The van der Waals surface area contributed by atoms with E-state index in [9.17, 15) is 9.50 Å². The summed E-state index contributed by atoms with van der Waals surface area (Å²) in [5.74, 6) is 1.63. The number of alkyl halides is 1. The van der Waals surface area contributed by atoms with E-state index >= 15 is 0 Å². The monoisotopic (exact) mass is 722 g/mol. The number of nitrogens with zero attached hydrogens (tertiary/aromatic N) is 3. The number of allylic oxidation sites excluding steroid dienone is 1. The summed E-state index contributed by atoms with van der Waals surface area (Å²) in [6.07, 6.45) is 11.4. The minimum atomic E-state index is -1.00. The molecule has 5 rings (SSSR count). The summed E-state index contributed by atoms with van der Waals surface area (Å²) >= 11 is 0. The van der Waals surface area contributed by atoms with Crippen molar-refractivity contribution in [1.82, 2.24) is 9.78 Å². The van der Waals surface area contributed by atoms with Crippen molar-refractivity contribution in [3.05, 3.63) is 29.6 Å². The molecule has 0 spiro atoms. The van der Waals surface area contributed by atoms with Gasteiger partial charge in [0.2, 0.25) is 0 Å². The first-order valence-electron chi connectivity index (χ1n) is 11.4. The first kappa shape index (κ1) is 36.0. The van der Waals surface area contributed by atoms with Gasteiger partial charge >= 0.3 is 138 Å². The van der Waals surface area contributed by atoms with Crippen LogP contribution in [0.4, 0.5) is 4.39 Å². The molecule has 8 nitrogen and oxygen atoms in total. The van der Waals surface area contributed by atoms with Crippen LogP contribution < -0.4 is 143 Å². The molecule has 11 heteroatoms. The maximum atomic E-state index is 9.96. The van der Waals surface area contributed by atoms with E-state index in [2.05, 4.69) is 41.0 Å². The summed E-state index contributed by atoms with van der Waals surface area (Å²) in [5.41, 5.74) is 2.32. The van der Waals surface area contributed by atoms with Gasteiger partial charge in [0.15, 0.2) is 0 Å². The predicted molar refractivity (Wildman–Crippen MR) is 120 cm³/mol. The molecular formula is C23H38Cs2FN3O5. The fourth-order valence-electron chi connectivity index (χ4n) is 2.68. The zero-order chi connectivity index (χ0) is 24.9. The van der Waals surface area contributed by atoms with Gasteiger partial charge in [-0.1, -0.05) is 0 Å². The predicted octanol–water partition coefficient (Wildman–Crippen LogP) is -3.13. The molecule has 1 aromatic heterocycles. The van der Waals surface area contributed by atoms with Crippen LogP contribution >= 0.6 is 0 Å². The van der Waals surface area contributed by atoms with Crippen LogP contribution in [0.2, 0.25) is 0 Å². The Morgan fingerprint density at radius 3 is 2.21 bits per heavy atom. The van der Waals surface area contributed by atoms with E-state index in [0.717, 1.165) is 19.1 Å². The molecule has 2 aliphatic carbocycles. The molecule has 1 saturated heterocycles. The van der Waals surface area contributed by atoms with Crippen molar-refractivity contribution < 1.29 is 170 Å². The van der Waals surface area contributed by atoms with E-state index in [1.165, 1.54) is 31.4 Å². The van der Waals surface area contributed by atoms with Gasteiger partial charge in [-0.05, 0) is 77.0 Å². The van der Waals surface area contributed by atoms with Gasteiger partial charge in [0.1, 0.15) is 0 Å². The van der Waals surface area contributed by atoms with E-state index in [1.54, 1.807) is 19.4 Å². The molecule has 0 aromatic carbocycles. The van der Waals surface area contributed by atoms with Crippen LogP contribution in [0.1, 0.15) is 67.8 Å². The van der Waals surface area contributed by atoms with Crippen LogP contribution in [0, 0.1) is 5.92 Å². The zero-order valence-corrected chi connectivity index (χ0v) is 34.1. The molecule has 0 atom stereocenters. The molecule has 1 N–H and O–H groups in total. The van der Waals surface area contributed by atoms with Gasteiger partial charge in [0, 0.05) is 18.3 Å². The molecule has 34 heavy (non-hydrogen) atoms. The largest absolute Gasteiger partial charge is 1.00 e. The van der Waals surface area contributed by atoms with Crippen LogP contribution in [0.5, 0.6) is 0 Å². The first-order valence-corrected chi connectivity index (χ1v) is 10.7. The number of aromatic nitrogens is 2. The van der Waals surface area contributed by atoms with Crippen molar-refractivity contribution in [3.63, 3.8) is 0 Å². The van der Waals surface area contributed by atoms with Gasteiger partial charge in [0.05, 0.1) is 45.1 Å². The number of carbonyl (C=O) groups excluding carboxylic acids is 1. The van der Waals surface area contributed by atoms with E-state index in [0.29, 0.717) is 12.5 Å². The smallest absolute Gasteiger partial charge is 1.00 e. The van der Waals surface area contributed by atoms with Crippen LogP contribution in [0.3, 0.4) is 0 Å². The topological polar surface area (TPSA) is 112 Å². The van der Waals surface area contributed by atoms with Crippen molar-refractivity contribution in [2.75, 3.05) is 20.3 Å². The van der Waals surface area contributed by atoms with E-state index in [-0.39, 0.29) is 151 Å².